The van der Waals surface area contributed by atoms with Crippen molar-refractivity contribution in [3.63, 3.8) is 0 Å². The zero-order valence-corrected chi connectivity index (χ0v) is 20.6. The van der Waals surface area contributed by atoms with Crippen LogP contribution in [-0.2, 0) is 10.2 Å². The molecular formula is C21H33BrIN3O2. The van der Waals surface area contributed by atoms with Crippen LogP contribution in [0.2, 0.25) is 0 Å². The molecule has 1 heterocycles. The quantitative estimate of drug-likeness (QED) is 0.277. The van der Waals surface area contributed by atoms with Gasteiger partial charge < -0.3 is 20.5 Å². The number of nitrogens with zero attached hydrogens (tertiary/aromatic N) is 1. The molecule has 7 heteroatoms. The van der Waals surface area contributed by atoms with Crippen LogP contribution in [0.1, 0.15) is 51.0 Å². The van der Waals surface area contributed by atoms with Gasteiger partial charge in [0.2, 0.25) is 0 Å². The smallest absolute Gasteiger partial charge is 0.191 e. The Kier molecular flexibility index (Phi) is 9.50. The molecule has 5 nitrogen and oxygen atoms in total. The van der Waals surface area contributed by atoms with Crippen molar-refractivity contribution in [3.8, 4) is 0 Å². The summed E-state index contributed by atoms with van der Waals surface area (Å²) in [5, 5.41) is 17.6. The fourth-order valence-corrected chi connectivity index (χ4v) is 4.42. The minimum Gasteiger partial charge on any atom is -0.388 e. The molecule has 1 aromatic rings. The summed E-state index contributed by atoms with van der Waals surface area (Å²) in [6, 6.07) is 8.75. The topological polar surface area (TPSA) is 65.9 Å². The van der Waals surface area contributed by atoms with Crippen molar-refractivity contribution in [1.82, 2.24) is 10.6 Å². The molecule has 0 atom stereocenters. The Labute approximate surface area is 194 Å². The van der Waals surface area contributed by atoms with Gasteiger partial charge in [-0.1, -0.05) is 40.9 Å². The summed E-state index contributed by atoms with van der Waals surface area (Å²) in [6.07, 6.45) is 6.23. The second-order valence-electron chi connectivity index (χ2n) is 7.88. The van der Waals surface area contributed by atoms with E-state index in [1.165, 1.54) is 31.2 Å². The highest BCUT2D eigenvalue weighted by molar-refractivity contribution is 14.0. The third-order valence-electron chi connectivity index (χ3n) is 5.91. The summed E-state index contributed by atoms with van der Waals surface area (Å²) in [6.45, 7) is 5.38. The SMILES string of the molecule is CCNC(=NCC1(O)CCOCC1)NCC1(c2ccc(Br)cc2)CCCC1.I. The van der Waals surface area contributed by atoms with Gasteiger partial charge in [-0.25, -0.2) is 0 Å². The highest BCUT2D eigenvalue weighted by Gasteiger charge is 2.36. The Balaban J connectivity index is 0.00000280. The molecule has 2 fully saturated rings. The largest absolute Gasteiger partial charge is 0.388 e. The fourth-order valence-electron chi connectivity index (χ4n) is 4.15. The molecule has 3 rings (SSSR count). The lowest BCUT2D eigenvalue weighted by Crippen LogP contribution is -2.46. The Bertz CT molecular complexity index is 627. The molecule has 28 heavy (non-hydrogen) atoms. The standard InChI is InChI=1S/C21H32BrN3O2.HI/c1-2-23-19(25-16-21(26)11-13-27-14-12-21)24-15-20(9-3-4-10-20)17-5-7-18(22)8-6-17;/h5-8,26H,2-4,9-16H2,1H3,(H2,23,24,25);1H. The molecule has 1 saturated heterocycles. The number of halogens is 2. The maximum absolute atomic E-state index is 10.7. The van der Waals surface area contributed by atoms with Crippen LogP contribution >= 0.6 is 39.9 Å². The number of hydrogen-bond acceptors (Lipinski definition) is 3. The zero-order valence-electron chi connectivity index (χ0n) is 16.7. The summed E-state index contributed by atoms with van der Waals surface area (Å²) >= 11 is 3.54. The van der Waals surface area contributed by atoms with Gasteiger partial charge >= 0.3 is 0 Å². The van der Waals surface area contributed by atoms with Crippen molar-refractivity contribution in [2.24, 2.45) is 4.99 Å². The number of nitrogens with one attached hydrogen (secondary N) is 2. The number of hydrogen-bond donors (Lipinski definition) is 3. The van der Waals surface area contributed by atoms with Gasteiger partial charge in [0.1, 0.15) is 0 Å². The van der Waals surface area contributed by atoms with Crippen LogP contribution in [-0.4, -0.2) is 49.5 Å². The molecule has 0 spiro atoms. The Hall–Kier alpha value is -0.380. The second kappa shape index (κ2) is 11.1. The predicted molar refractivity (Wildman–Crippen MR) is 129 cm³/mol. The van der Waals surface area contributed by atoms with Gasteiger partial charge in [0.25, 0.3) is 0 Å². The predicted octanol–water partition coefficient (Wildman–Crippen LogP) is 3.98. The number of benzene rings is 1. The van der Waals surface area contributed by atoms with Crippen molar-refractivity contribution in [1.29, 1.82) is 0 Å². The first-order valence-electron chi connectivity index (χ1n) is 10.1. The van der Waals surface area contributed by atoms with Crippen LogP contribution in [0.25, 0.3) is 0 Å². The minimum atomic E-state index is -0.739. The number of ether oxygens (including phenoxy) is 1. The summed E-state index contributed by atoms with van der Waals surface area (Å²) in [5.74, 6) is 0.792. The van der Waals surface area contributed by atoms with E-state index >= 15 is 0 Å². The molecule has 1 aliphatic carbocycles. The van der Waals surface area contributed by atoms with Crippen LogP contribution in [0.15, 0.2) is 33.7 Å². The van der Waals surface area contributed by atoms with E-state index in [4.69, 9.17) is 9.73 Å². The van der Waals surface area contributed by atoms with E-state index in [0.29, 0.717) is 32.6 Å². The molecule has 0 amide bonds. The lowest BCUT2D eigenvalue weighted by atomic mass is 9.79. The maximum atomic E-state index is 10.7. The lowest BCUT2D eigenvalue weighted by Gasteiger charge is -2.32. The molecule has 2 aliphatic rings. The van der Waals surface area contributed by atoms with Crippen molar-refractivity contribution in [2.75, 3.05) is 32.8 Å². The van der Waals surface area contributed by atoms with Crippen molar-refractivity contribution < 1.29 is 9.84 Å². The van der Waals surface area contributed by atoms with Gasteiger partial charge in [0.05, 0.1) is 12.1 Å². The van der Waals surface area contributed by atoms with Crippen LogP contribution in [0.3, 0.4) is 0 Å². The maximum Gasteiger partial charge on any atom is 0.191 e. The minimum absolute atomic E-state index is 0. The normalized spacial score (nSPS) is 21.0. The molecular weight excluding hydrogens is 533 g/mol. The van der Waals surface area contributed by atoms with Crippen LogP contribution in [0.5, 0.6) is 0 Å². The van der Waals surface area contributed by atoms with Gasteiger partial charge in [-0.2, -0.15) is 0 Å². The van der Waals surface area contributed by atoms with Gasteiger partial charge in [0, 0.05) is 49.0 Å². The molecule has 158 valence electrons. The first-order chi connectivity index (χ1) is 13.1. The van der Waals surface area contributed by atoms with E-state index in [-0.39, 0.29) is 29.4 Å². The first-order valence-corrected chi connectivity index (χ1v) is 10.9. The third-order valence-corrected chi connectivity index (χ3v) is 6.44. The van der Waals surface area contributed by atoms with Crippen molar-refractivity contribution in [2.45, 2.75) is 56.5 Å². The number of rotatable bonds is 6. The summed E-state index contributed by atoms with van der Waals surface area (Å²) in [5.41, 5.74) is 0.818. The van der Waals surface area contributed by atoms with Crippen LogP contribution in [0, 0.1) is 0 Å². The van der Waals surface area contributed by atoms with E-state index in [1.807, 2.05) is 0 Å². The molecule has 0 aromatic heterocycles. The van der Waals surface area contributed by atoms with Crippen molar-refractivity contribution >= 4 is 45.9 Å². The molecule has 1 aromatic carbocycles. The fraction of sp³-hybridized carbons (Fsp3) is 0.667. The highest BCUT2D eigenvalue weighted by atomic mass is 127. The third kappa shape index (κ3) is 6.31. The average molecular weight is 566 g/mol. The highest BCUT2D eigenvalue weighted by Crippen LogP contribution is 2.41. The van der Waals surface area contributed by atoms with Gasteiger partial charge in [-0.05, 0) is 37.5 Å². The second-order valence-corrected chi connectivity index (χ2v) is 8.80. The van der Waals surface area contributed by atoms with Gasteiger partial charge in [-0.3, -0.25) is 4.99 Å². The van der Waals surface area contributed by atoms with E-state index in [2.05, 4.69) is 57.8 Å². The lowest BCUT2D eigenvalue weighted by molar-refractivity contribution is -0.0565. The number of aliphatic hydroxyl groups is 1. The first kappa shape index (κ1) is 23.9. The van der Waals surface area contributed by atoms with E-state index in [9.17, 15) is 5.11 Å². The van der Waals surface area contributed by atoms with E-state index < -0.39 is 5.60 Å². The van der Waals surface area contributed by atoms with Gasteiger partial charge in [-0.15, -0.1) is 24.0 Å². The Morgan fingerprint density at radius 3 is 2.36 bits per heavy atom. The number of aliphatic imine (C=N–C) groups is 1. The monoisotopic (exact) mass is 565 g/mol. The number of guanidine groups is 1. The summed E-state index contributed by atoms with van der Waals surface area (Å²) < 4.78 is 6.48. The average Bonchev–Trinajstić information content (AvgIpc) is 3.15. The summed E-state index contributed by atoms with van der Waals surface area (Å²) in [7, 11) is 0. The molecule has 0 bridgehead atoms. The molecule has 1 aliphatic heterocycles. The summed E-state index contributed by atoms with van der Waals surface area (Å²) in [4.78, 5) is 4.69. The van der Waals surface area contributed by atoms with Crippen LogP contribution in [0.4, 0.5) is 0 Å². The van der Waals surface area contributed by atoms with E-state index in [0.717, 1.165) is 23.5 Å². The molecule has 1 saturated carbocycles. The Morgan fingerprint density at radius 2 is 1.75 bits per heavy atom. The molecule has 0 unspecified atom stereocenters. The van der Waals surface area contributed by atoms with Crippen molar-refractivity contribution in [3.05, 3.63) is 34.3 Å². The molecule has 0 radical (unpaired) electrons. The molecule has 3 N–H and O–H groups in total. The van der Waals surface area contributed by atoms with Crippen LogP contribution < -0.4 is 10.6 Å². The van der Waals surface area contributed by atoms with E-state index in [1.54, 1.807) is 0 Å². The Morgan fingerprint density at radius 1 is 1.11 bits per heavy atom. The zero-order chi connectivity index (χ0) is 19.2. The van der Waals surface area contributed by atoms with Gasteiger partial charge in [0.15, 0.2) is 5.96 Å².